The van der Waals surface area contributed by atoms with Crippen LogP contribution in [0.1, 0.15) is 26.2 Å². The Morgan fingerprint density at radius 3 is 2.27 bits per heavy atom. The summed E-state index contributed by atoms with van der Waals surface area (Å²) in [4.78, 5) is 31.6. The number of nitrogens with one attached hydrogen (secondary N) is 2. The number of aliphatic carboxylic acids is 1. The molecule has 2 amide bonds. The van der Waals surface area contributed by atoms with Gasteiger partial charge in [-0.05, 0) is 6.42 Å². The zero-order valence-electron chi connectivity index (χ0n) is 8.71. The van der Waals surface area contributed by atoms with E-state index >= 15 is 0 Å². The van der Waals surface area contributed by atoms with Crippen LogP contribution in [0.5, 0.6) is 0 Å². The highest BCUT2D eigenvalue weighted by Gasteiger charge is 2.01. The van der Waals surface area contributed by atoms with E-state index in [4.69, 9.17) is 5.11 Å². The van der Waals surface area contributed by atoms with E-state index in [-0.39, 0.29) is 24.7 Å². The van der Waals surface area contributed by atoms with E-state index in [0.29, 0.717) is 19.5 Å². The van der Waals surface area contributed by atoms with Gasteiger partial charge in [-0.15, -0.1) is 0 Å². The summed E-state index contributed by atoms with van der Waals surface area (Å²) in [7, 11) is 0. The molecule has 6 nitrogen and oxygen atoms in total. The molecule has 0 aliphatic rings. The molecule has 0 bridgehead atoms. The van der Waals surface area contributed by atoms with Gasteiger partial charge in [0.15, 0.2) is 0 Å². The second-order valence-corrected chi connectivity index (χ2v) is 3.08. The molecule has 15 heavy (non-hydrogen) atoms. The van der Waals surface area contributed by atoms with Gasteiger partial charge in [-0.3, -0.25) is 14.4 Å². The topological polar surface area (TPSA) is 95.5 Å². The fourth-order valence-corrected chi connectivity index (χ4v) is 0.908. The number of carboxylic acid groups (broad SMARTS) is 1. The Morgan fingerprint density at radius 1 is 1.07 bits per heavy atom. The Balaban J connectivity index is 3.33. The van der Waals surface area contributed by atoms with Crippen molar-refractivity contribution in [2.24, 2.45) is 0 Å². The van der Waals surface area contributed by atoms with Crippen molar-refractivity contribution < 1.29 is 19.5 Å². The van der Waals surface area contributed by atoms with Crippen molar-refractivity contribution in [3.05, 3.63) is 0 Å². The minimum Gasteiger partial charge on any atom is -0.481 e. The molecule has 86 valence electrons. The van der Waals surface area contributed by atoms with Gasteiger partial charge in [0.1, 0.15) is 0 Å². The van der Waals surface area contributed by atoms with Crippen molar-refractivity contribution in [1.29, 1.82) is 0 Å². The molecule has 0 aromatic heterocycles. The standard InChI is InChI=1S/C9H16N2O4/c1-7(12)10-6-4-8(13)11-5-2-3-9(14)15/h2-6H2,1H3,(H,10,12)(H,11,13)(H,14,15). The van der Waals surface area contributed by atoms with Crippen LogP contribution >= 0.6 is 0 Å². The highest BCUT2D eigenvalue weighted by atomic mass is 16.4. The van der Waals surface area contributed by atoms with E-state index in [1.807, 2.05) is 0 Å². The van der Waals surface area contributed by atoms with Crippen molar-refractivity contribution in [3.8, 4) is 0 Å². The predicted molar refractivity (Wildman–Crippen MR) is 53.2 cm³/mol. The summed E-state index contributed by atoms with van der Waals surface area (Å²) in [6, 6.07) is 0. The predicted octanol–water partition coefficient (Wildman–Crippen LogP) is -0.506. The molecule has 0 rings (SSSR count). The van der Waals surface area contributed by atoms with Crippen LogP contribution in [0.2, 0.25) is 0 Å². The van der Waals surface area contributed by atoms with Crippen LogP contribution in [0, 0.1) is 0 Å². The second-order valence-electron chi connectivity index (χ2n) is 3.08. The van der Waals surface area contributed by atoms with E-state index in [0.717, 1.165) is 0 Å². The summed E-state index contributed by atoms with van der Waals surface area (Å²) < 4.78 is 0. The third-order valence-corrected chi connectivity index (χ3v) is 1.62. The van der Waals surface area contributed by atoms with E-state index in [2.05, 4.69) is 10.6 Å². The Hall–Kier alpha value is -1.59. The zero-order valence-corrected chi connectivity index (χ0v) is 8.71. The first-order valence-corrected chi connectivity index (χ1v) is 4.75. The lowest BCUT2D eigenvalue weighted by Gasteiger charge is -2.04. The van der Waals surface area contributed by atoms with Crippen LogP contribution in [0.25, 0.3) is 0 Å². The molecule has 3 N–H and O–H groups in total. The van der Waals surface area contributed by atoms with Crippen molar-refractivity contribution in [2.75, 3.05) is 13.1 Å². The van der Waals surface area contributed by atoms with Gasteiger partial charge in [-0.1, -0.05) is 0 Å². The van der Waals surface area contributed by atoms with Crippen molar-refractivity contribution in [1.82, 2.24) is 10.6 Å². The first kappa shape index (κ1) is 13.4. The molecule has 0 unspecified atom stereocenters. The highest BCUT2D eigenvalue weighted by Crippen LogP contribution is 1.86. The smallest absolute Gasteiger partial charge is 0.303 e. The average molecular weight is 216 g/mol. The zero-order chi connectivity index (χ0) is 11.7. The van der Waals surface area contributed by atoms with Crippen LogP contribution in [0.15, 0.2) is 0 Å². The summed E-state index contributed by atoms with van der Waals surface area (Å²) in [6.07, 6.45) is 0.680. The van der Waals surface area contributed by atoms with E-state index in [1.54, 1.807) is 0 Å². The number of rotatable bonds is 7. The Morgan fingerprint density at radius 2 is 1.73 bits per heavy atom. The van der Waals surface area contributed by atoms with Crippen LogP contribution in [0.4, 0.5) is 0 Å². The van der Waals surface area contributed by atoms with Crippen LogP contribution in [-0.2, 0) is 14.4 Å². The fraction of sp³-hybridized carbons (Fsp3) is 0.667. The molecule has 0 heterocycles. The van der Waals surface area contributed by atoms with Gasteiger partial charge in [0.25, 0.3) is 0 Å². The van der Waals surface area contributed by atoms with E-state index in [1.165, 1.54) is 6.92 Å². The van der Waals surface area contributed by atoms with Crippen LogP contribution < -0.4 is 10.6 Å². The SMILES string of the molecule is CC(=O)NCCC(=O)NCCCC(=O)O. The summed E-state index contributed by atoms with van der Waals surface area (Å²) in [5.41, 5.74) is 0. The molecule has 0 aromatic carbocycles. The molecule has 0 aliphatic carbocycles. The molecule has 0 fully saturated rings. The van der Waals surface area contributed by atoms with Gasteiger partial charge in [-0.25, -0.2) is 0 Å². The minimum absolute atomic E-state index is 0.0476. The van der Waals surface area contributed by atoms with Gasteiger partial charge in [0, 0.05) is 32.9 Å². The Bertz CT molecular complexity index is 240. The minimum atomic E-state index is -0.873. The van der Waals surface area contributed by atoms with Gasteiger partial charge >= 0.3 is 5.97 Å². The summed E-state index contributed by atoms with van der Waals surface area (Å²) >= 11 is 0. The fourth-order valence-electron chi connectivity index (χ4n) is 0.908. The molecule has 0 aromatic rings. The highest BCUT2D eigenvalue weighted by molar-refractivity contribution is 5.77. The molecule has 0 radical (unpaired) electrons. The maximum atomic E-state index is 11.1. The van der Waals surface area contributed by atoms with Crippen LogP contribution in [-0.4, -0.2) is 36.0 Å². The van der Waals surface area contributed by atoms with Gasteiger partial charge in [0.05, 0.1) is 0 Å². The third kappa shape index (κ3) is 10.3. The van der Waals surface area contributed by atoms with Gasteiger partial charge in [-0.2, -0.15) is 0 Å². The molecule has 0 aliphatic heterocycles. The normalized spacial score (nSPS) is 9.40. The Kier molecular flexibility index (Phi) is 6.96. The molecular formula is C9H16N2O4. The lowest BCUT2D eigenvalue weighted by molar-refractivity contribution is -0.137. The summed E-state index contributed by atoms with van der Waals surface area (Å²) in [5, 5.41) is 13.4. The Labute approximate surface area is 88.0 Å². The lowest BCUT2D eigenvalue weighted by Crippen LogP contribution is -2.30. The summed E-state index contributed by atoms with van der Waals surface area (Å²) in [6.45, 7) is 2.04. The quantitative estimate of drug-likeness (QED) is 0.499. The maximum Gasteiger partial charge on any atom is 0.303 e. The first-order chi connectivity index (χ1) is 7.02. The number of hydrogen-bond donors (Lipinski definition) is 3. The van der Waals surface area contributed by atoms with Crippen molar-refractivity contribution >= 4 is 17.8 Å². The second kappa shape index (κ2) is 7.78. The van der Waals surface area contributed by atoms with Crippen LogP contribution in [0.3, 0.4) is 0 Å². The molecule has 0 saturated heterocycles. The van der Waals surface area contributed by atoms with Crippen molar-refractivity contribution in [3.63, 3.8) is 0 Å². The van der Waals surface area contributed by atoms with E-state index in [9.17, 15) is 14.4 Å². The lowest BCUT2D eigenvalue weighted by atomic mass is 10.3. The van der Waals surface area contributed by atoms with Crippen molar-refractivity contribution in [2.45, 2.75) is 26.2 Å². The third-order valence-electron chi connectivity index (χ3n) is 1.62. The first-order valence-electron chi connectivity index (χ1n) is 4.75. The number of hydrogen-bond acceptors (Lipinski definition) is 3. The van der Waals surface area contributed by atoms with Gasteiger partial charge in [0.2, 0.25) is 11.8 Å². The molecule has 6 heteroatoms. The molecule has 0 atom stereocenters. The number of carbonyl (C=O) groups is 3. The van der Waals surface area contributed by atoms with Gasteiger partial charge < -0.3 is 15.7 Å². The molecule has 0 saturated carbocycles. The summed E-state index contributed by atoms with van der Waals surface area (Å²) in [5.74, 6) is -1.23. The monoisotopic (exact) mass is 216 g/mol. The largest absolute Gasteiger partial charge is 0.481 e. The number of amides is 2. The average Bonchev–Trinajstić information content (AvgIpc) is 2.11. The van der Waals surface area contributed by atoms with E-state index < -0.39 is 5.97 Å². The maximum absolute atomic E-state index is 11.1. The number of carboxylic acids is 1. The molecular weight excluding hydrogens is 200 g/mol. The number of carbonyl (C=O) groups excluding carboxylic acids is 2. The molecule has 0 spiro atoms.